The molecule has 2 aromatic rings. The first-order valence-electron chi connectivity index (χ1n) is 10.8. The molecule has 0 radical (unpaired) electrons. The number of hydrogen-bond acceptors (Lipinski definition) is 5. The highest BCUT2D eigenvalue weighted by Crippen LogP contribution is 2.14. The second kappa shape index (κ2) is 14.8. The molecule has 1 aromatic carbocycles. The topological polar surface area (TPSA) is 90.9 Å². The molecular formula is C23H33IN6O2. The molecule has 174 valence electrons. The number of aromatic nitrogens is 1. The highest BCUT2D eigenvalue weighted by molar-refractivity contribution is 14.0. The van der Waals surface area contributed by atoms with Gasteiger partial charge in [-0.2, -0.15) is 0 Å². The highest BCUT2D eigenvalue weighted by Gasteiger charge is 2.12. The summed E-state index contributed by atoms with van der Waals surface area (Å²) in [6.07, 6.45) is 3.21. The van der Waals surface area contributed by atoms with Crippen molar-refractivity contribution in [2.45, 2.75) is 20.0 Å². The van der Waals surface area contributed by atoms with Crippen molar-refractivity contribution in [2.24, 2.45) is 4.99 Å². The van der Waals surface area contributed by atoms with E-state index in [9.17, 15) is 4.79 Å². The molecule has 3 rings (SSSR count). The van der Waals surface area contributed by atoms with Crippen LogP contribution >= 0.6 is 24.0 Å². The van der Waals surface area contributed by atoms with Gasteiger partial charge in [-0.25, -0.2) is 4.99 Å². The van der Waals surface area contributed by atoms with Crippen LogP contribution in [0.4, 0.5) is 0 Å². The summed E-state index contributed by atoms with van der Waals surface area (Å²) in [7, 11) is 0. The van der Waals surface area contributed by atoms with E-state index < -0.39 is 0 Å². The number of amides is 1. The van der Waals surface area contributed by atoms with E-state index in [1.165, 1.54) is 11.1 Å². The Morgan fingerprint density at radius 1 is 1.06 bits per heavy atom. The molecule has 0 unspecified atom stereocenters. The molecule has 2 heterocycles. The van der Waals surface area contributed by atoms with Crippen molar-refractivity contribution in [3.05, 3.63) is 65.5 Å². The summed E-state index contributed by atoms with van der Waals surface area (Å²) in [6, 6.07) is 11.9. The van der Waals surface area contributed by atoms with Crippen LogP contribution in [0.15, 0.2) is 53.8 Å². The number of guanidine groups is 1. The van der Waals surface area contributed by atoms with Crippen LogP contribution < -0.4 is 16.0 Å². The van der Waals surface area contributed by atoms with Crippen LogP contribution in [-0.2, 0) is 17.8 Å². The molecule has 0 atom stereocenters. The molecule has 0 bridgehead atoms. The lowest BCUT2D eigenvalue weighted by molar-refractivity contribution is 0.0341. The maximum absolute atomic E-state index is 12.1. The summed E-state index contributed by atoms with van der Waals surface area (Å²) in [5.41, 5.74) is 3.07. The van der Waals surface area contributed by atoms with Crippen LogP contribution in [0.2, 0.25) is 0 Å². The first kappa shape index (κ1) is 26.0. The number of halogens is 1. The minimum absolute atomic E-state index is 0. The molecule has 1 aliphatic rings. The molecule has 1 fully saturated rings. The highest BCUT2D eigenvalue weighted by atomic mass is 127. The quantitative estimate of drug-likeness (QED) is 0.191. The predicted octanol–water partition coefficient (Wildman–Crippen LogP) is 2.02. The minimum atomic E-state index is -0.131. The minimum Gasteiger partial charge on any atom is -0.379 e. The lowest BCUT2D eigenvalue weighted by Gasteiger charge is -2.27. The number of rotatable bonds is 9. The molecule has 1 amide bonds. The summed E-state index contributed by atoms with van der Waals surface area (Å²) < 4.78 is 5.45. The van der Waals surface area contributed by atoms with E-state index in [2.05, 4.69) is 50.1 Å². The van der Waals surface area contributed by atoms with Crippen molar-refractivity contribution >= 4 is 35.8 Å². The molecule has 9 heteroatoms. The second-order valence-electron chi connectivity index (χ2n) is 7.28. The third-order valence-corrected chi connectivity index (χ3v) is 4.99. The fourth-order valence-corrected chi connectivity index (χ4v) is 3.33. The summed E-state index contributed by atoms with van der Waals surface area (Å²) in [5, 5.41) is 9.43. The Hall–Kier alpha value is -2.24. The zero-order valence-corrected chi connectivity index (χ0v) is 20.9. The summed E-state index contributed by atoms with van der Waals surface area (Å²) >= 11 is 0. The Labute approximate surface area is 207 Å². The smallest absolute Gasteiger partial charge is 0.252 e. The Kier molecular flexibility index (Phi) is 12.0. The number of nitrogens with one attached hydrogen (secondary N) is 3. The maximum Gasteiger partial charge on any atom is 0.252 e. The van der Waals surface area contributed by atoms with Gasteiger partial charge >= 0.3 is 0 Å². The number of benzene rings is 1. The van der Waals surface area contributed by atoms with Crippen molar-refractivity contribution in [3.63, 3.8) is 0 Å². The van der Waals surface area contributed by atoms with Gasteiger partial charge < -0.3 is 20.7 Å². The van der Waals surface area contributed by atoms with Crippen molar-refractivity contribution in [1.82, 2.24) is 25.8 Å². The summed E-state index contributed by atoms with van der Waals surface area (Å²) in [4.78, 5) is 23.2. The molecule has 1 saturated heterocycles. The zero-order chi connectivity index (χ0) is 21.7. The fraction of sp³-hybridized carbons (Fsp3) is 0.435. The standard InChI is InChI=1S/C23H32N6O2.HI/c1-2-25-23(27-11-10-26-22(30)20-8-5-9-24-16-20)28-17-19-6-3-4-7-21(19)18-29-12-14-31-15-13-29;/h3-9,16H,2,10-15,17-18H2,1H3,(H,26,30)(H2,25,27,28);1H. The van der Waals surface area contributed by atoms with Gasteiger partial charge in [0.1, 0.15) is 0 Å². The van der Waals surface area contributed by atoms with E-state index in [1.807, 2.05) is 6.92 Å². The van der Waals surface area contributed by atoms with Gasteiger partial charge in [-0.05, 0) is 30.2 Å². The van der Waals surface area contributed by atoms with E-state index in [0.717, 1.165) is 45.4 Å². The van der Waals surface area contributed by atoms with Crippen LogP contribution in [0.25, 0.3) is 0 Å². The van der Waals surface area contributed by atoms with Crippen LogP contribution in [0, 0.1) is 0 Å². The zero-order valence-electron chi connectivity index (χ0n) is 18.5. The molecule has 1 aromatic heterocycles. The first-order valence-corrected chi connectivity index (χ1v) is 10.8. The molecule has 32 heavy (non-hydrogen) atoms. The average molecular weight is 552 g/mol. The van der Waals surface area contributed by atoms with Crippen molar-refractivity contribution in [3.8, 4) is 0 Å². The number of pyridine rings is 1. The lowest BCUT2D eigenvalue weighted by atomic mass is 10.1. The first-order chi connectivity index (χ1) is 15.3. The lowest BCUT2D eigenvalue weighted by Crippen LogP contribution is -2.41. The van der Waals surface area contributed by atoms with E-state index in [0.29, 0.717) is 25.2 Å². The molecule has 1 aliphatic heterocycles. The Balaban J connectivity index is 0.00000363. The van der Waals surface area contributed by atoms with Crippen LogP contribution in [0.5, 0.6) is 0 Å². The van der Waals surface area contributed by atoms with Crippen molar-refractivity contribution in [2.75, 3.05) is 45.9 Å². The number of carbonyl (C=O) groups is 1. The Morgan fingerprint density at radius 3 is 2.53 bits per heavy atom. The van der Waals surface area contributed by atoms with Gasteiger partial charge in [0, 0.05) is 51.7 Å². The van der Waals surface area contributed by atoms with E-state index >= 15 is 0 Å². The second-order valence-corrected chi connectivity index (χ2v) is 7.28. The third-order valence-electron chi connectivity index (χ3n) is 4.99. The average Bonchev–Trinajstić information content (AvgIpc) is 2.82. The van der Waals surface area contributed by atoms with E-state index in [-0.39, 0.29) is 29.9 Å². The van der Waals surface area contributed by atoms with Gasteiger partial charge in [-0.3, -0.25) is 14.7 Å². The van der Waals surface area contributed by atoms with Gasteiger partial charge in [0.2, 0.25) is 0 Å². The van der Waals surface area contributed by atoms with Gasteiger partial charge in [-0.1, -0.05) is 24.3 Å². The van der Waals surface area contributed by atoms with Crippen molar-refractivity contribution in [1.29, 1.82) is 0 Å². The van der Waals surface area contributed by atoms with Gasteiger partial charge in [0.15, 0.2) is 5.96 Å². The number of ether oxygens (including phenoxy) is 1. The van der Waals surface area contributed by atoms with Gasteiger partial charge in [-0.15, -0.1) is 24.0 Å². The largest absolute Gasteiger partial charge is 0.379 e. The third kappa shape index (κ3) is 8.71. The molecule has 0 aliphatic carbocycles. The predicted molar refractivity (Wildman–Crippen MR) is 137 cm³/mol. The maximum atomic E-state index is 12.1. The normalized spacial score (nSPS) is 14.3. The van der Waals surface area contributed by atoms with Crippen molar-refractivity contribution < 1.29 is 9.53 Å². The van der Waals surface area contributed by atoms with E-state index in [1.54, 1.807) is 24.5 Å². The molecule has 0 spiro atoms. The number of morpholine rings is 1. The Bertz CT molecular complexity index is 843. The number of carbonyl (C=O) groups excluding carboxylic acids is 1. The van der Waals surface area contributed by atoms with Gasteiger partial charge in [0.05, 0.1) is 25.3 Å². The van der Waals surface area contributed by atoms with E-state index in [4.69, 9.17) is 9.73 Å². The molecule has 3 N–H and O–H groups in total. The fourth-order valence-electron chi connectivity index (χ4n) is 3.33. The molecular weight excluding hydrogens is 519 g/mol. The van der Waals surface area contributed by atoms with Crippen LogP contribution in [0.3, 0.4) is 0 Å². The number of hydrogen-bond donors (Lipinski definition) is 3. The summed E-state index contributed by atoms with van der Waals surface area (Å²) in [5.74, 6) is 0.605. The number of aliphatic imine (C=N–C) groups is 1. The SMILES string of the molecule is CCNC(=NCc1ccccc1CN1CCOCC1)NCCNC(=O)c1cccnc1.I. The monoisotopic (exact) mass is 552 g/mol. The van der Waals surface area contributed by atoms with Gasteiger partial charge in [0.25, 0.3) is 5.91 Å². The summed E-state index contributed by atoms with van der Waals surface area (Å²) in [6.45, 7) is 8.91. The Morgan fingerprint density at radius 2 is 1.81 bits per heavy atom. The van der Waals surface area contributed by atoms with Crippen LogP contribution in [-0.4, -0.2) is 67.7 Å². The molecule has 8 nitrogen and oxygen atoms in total. The van der Waals surface area contributed by atoms with Crippen LogP contribution in [0.1, 0.15) is 28.4 Å². The molecule has 0 saturated carbocycles. The number of nitrogens with zero attached hydrogens (tertiary/aromatic N) is 3.